The zero-order chi connectivity index (χ0) is 13.1. The highest BCUT2D eigenvalue weighted by Gasteiger charge is 2.10. The van der Waals surface area contributed by atoms with Crippen LogP contribution < -0.4 is 5.32 Å². The smallest absolute Gasteiger partial charge is 0.168 e. The Kier molecular flexibility index (Phi) is 4.43. The standard InChI is InChI=1S/C13H14BrClN2O/c1-8(2)16-7-10-6-13(18-17-10)11-4-3-9(14)5-12(11)15/h3-6,8,16H,7H2,1-2H3. The summed E-state index contributed by atoms with van der Waals surface area (Å²) in [4.78, 5) is 0. The van der Waals surface area contributed by atoms with E-state index in [0.717, 1.165) is 15.7 Å². The number of benzene rings is 1. The van der Waals surface area contributed by atoms with E-state index < -0.39 is 0 Å². The maximum atomic E-state index is 6.17. The van der Waals surface area contributed by atoms with E-state index in [0.29, 0.717) is 23.4 Å². The fourth-order valence-electron chi connectivity index (χ4n) is 1.52. The van der Waals surface area contributed by atoms with Gasteiger partial charge in [0.25, 0.3) is 0 Å². The summed E-state index contributed by atoms with van der Waals surface area (Å²) >= 11 is 9.54. The predicted octanol–water partition coefficient (Wildman–Crippen LogP) is 4.26. The Morgan fingerprint density at radius 3 is 2.83 bits per heavy atom. The van der Waals surface area contributed by atoms with Gasteiger partial charge in [0.05, 0.1) is 10.7 Å². The lowest BCUT2D eigenvalue weighted by atomic mass is 10.1. The van der Waals surface area contributed by atoms with E-state index in [1.54, 1.807) is 0 Å². The molecule has 0 spiro atoms. The molecule has 0 saturated carbocycles. The SMILES string of the molecule is CC(C)NCc1cc(-c2ccc(Br)cc2Cl)on1. The normalized spacial score (nSPS) is 11.2. The van der Waals surface area contributed by atoms with Crippen LogP contribution in [0.25, 0.3) is 11.3 Å². The van der Waals surface area contributed by atoms with Crippen LogP contribution in [-0.4, -0.2) is 11.2 Å². The molecule has 18 heavy (non-hydrogen) atoms. The molecule has 2 rings (SSSR count). The van der Waals surface area contributed by atoms with E-state index in [1.165, 1.54) is 0 Å². The van der Waals surface area contributed by atoms with Crippen molar-refractivity contribution >= 4 is 27.5 Å². The maximum Gasteiger partial charge on any atom is 0.168 e. The van der Waals surface area contributed by atoms with Crippen molar-refractivity contribution in [3.63, 3.8) is 0 Å². The van der Waals surface area contributed by atoms with Crippen LogP contribution in [0.4, 0.5) is 0 Å². The van der Waals surface area contributed by atoms with Crippen LogP contribution in [0.15, 0.2) is 33.3 Å². The van der Waals surface area contributed by atoms with Crippen LogP contribution in [0.1, 0.15) is 19.5 Å². The minimum Gasteiger partial charge on any atom is -0.356 e. The third kappa shape index (κ3) is 3.34. The molecule has 0 aliphatic heterocycles. The Bertz CT molecular complexity index is 540. The molecule has 5 heteroatoms. The second-order valence-corrected chi connectivity index (χ2v) is 5.67. The Morgan fingerprint density at radius 1 is 1.39 bits per heavy atom. The first-order chi connectivity index (χ1) is 8.56. The summed E-state index contributed by atoms with van der Waals surface area (Å²) < 4.78 is 6.26. The van der Waals surface area contributed by atoms with Crippen molar-refractivity contribution in [2.45, 2.75) is 26.4 Å². The Hall–Kier alpha value is -0.840. The van der Waals surface area contributed by atoms with Crippen LogP contribution in [0.2, 0.25) is 5.02 Å². The van der Waals surface area contributed by atoms with Gasteiger partial charge >= 0.3 is 0 Å². The van der Waals surface area contributed by atoms with Gasteiger partial charge < -0.3 is 9.84 Å². The second kappa shape index (κ2) is 5.87. The van der Waals surface area contributed by atoms with E-state index in [1.807, 2.05) is 24.3 Å². The number of rotatable bonds is 4. The zero-order valence-electron chi connectivity index (χ0n) is 10.2. The molecule has 2 aromatic rings. The number of nitrogens with one attached hydrogen (secondary N) is 1. The van der Waals surface area contributed by atoms with Crippen molar-refractivity contribution in [1.82, 2.24) is 10.5 Å². The van der Waals surface area contributed by atoms with E-state index >= 15 is 0 Å². The van der Waals surface area contributed by atoms with Gasteiger partial charge in [0.15, 0.2) is 5.76 Å². The second-order valence-electron chi connectivity index (χ2n) is 4.34. The molecular formula is C13H14BrClN2O. The molecule has 0 atom stereocenters. The first-order valence-corrected chi connectivity index (χ1v) is 6.88. The van der Waals surface area contributed by atoms with Crippen molar-refractivity contribution in [3.8, 4) is 11.3 Å². The topological polar surface area (TPSA) is 38.1 Å². The van der Waals surface area contributed by atoms with Gasteiger partial charge in [0.2, 0.25) is 0 Å². The fraction of sp³-hybridized carbons (Fsp3) is 0.308. The average Bonchev–Trinajstić information content (AvgIpc) is 2.75. The minimum absolute atomic E-state index is 0.418. The molecule has 0 bridgehead atoms. The van der Waals surface area contributed by atoms with Crippen molar-refractivity contribution < 1.29 is 4.52 Å². The van der Waals surface area contributed by atoms with Crippen molar-refractivity contribution in [2.75, 3.05) is 0 Å². The maximum absolute atomic E-state index is 6.17. The molecule has 96 valence electrons. The van der Waals surface area contributed by atoms with E-state index in [9.17, 15) is 0 Å². The van der Waals surface area contributed by atoms with Crippen molar-refractivity contribution in [1.29, 1.82) is 0 Å². The van der Waals surface area contributed by atoms with Gasteiger partial charge in [-0.2, -0.15) is 0 Å². The van der Waals surface area contributed by atoms with Crippen LogP contribution >= 0.6 is 27.5 Å². The molecule has 0 fully saturated rings. The number of nitrogens with zero attached hydrogens (tertiary/aromatic N) is 1. The molecule has 1 aromatic carbocycles. The van der Waals surface area contributed by atoms with Crippen LogP contribution in [0.5, 0.6) is 0 Å². The highest BCUT2D eigenvalue weighted by Crippen LogP contribution is 2.30. The van der Waals surface area contributed by atoms with Gasteiger partial charge in [-0.1, -0.05) is 46.5 Å². The van der Waals surface area contributed by atoms with Gasteiger partial charge in [-0.05, 0) is 18.2 Å². The molecule has 1 N–H and O–H groups in total. The summed E-state index contributed by atoms with van der Waals surface area (Å²) in [5.41, 5.74) is 1.72. The summed E-state index contributed by atoms with van der Waals surface area (Å²) in [6.07, 6.45) is 0. The average molecular weight is 330 g/mol. The molecular weight excluding hydrogens is 316 g/mol. The predicted molar refractivity (Wildman–Crippen MR) is 76.6 cm³/mol. The first-order valence-electron chi connectivity index (χ1n) is 5.70. The molecule has 0 aliphatic rings. The van der Waals surface area contributed by atoms with E-state index in [-0.39, 0.29) is 0 Å². The zero-order valence-corrected chi connectivity index (χ0v) is 12.5. The first kappa shape index (κ1) is 13.6. The third-order valence-electron chi connectivity index (χ3n) is 2.45. The van der Waals surface area contributed by atoms with Crippen LogP contribution in [0.3, 0.4) is 0 Å². The van der Waals surface area contributed by atoms with E-state index in [2.05, 4.69) is 40.3 Å². The number of halogens is 2. The summed E-state index contributed by atoms with van der Waals surface area (Å²) in [7, 11) is 0. The number of aromatic nitrogens is 1. The highest BCUT2D eigenvalue weighted by molar-refractivity contribution is 9.10. The van der Waals surface area contributed by atoms with Gasteiger partial charge in [0.1, 0.15) is 0 Å². The number of hydrogen-bond acceptors (Lipinski definition) is 3. The Labute approximate surface area is 120 Å². The quantitative estimate of drug-likeness (QED) is 0.911. The monoisotopic (exact) mass is 328 g/mol. The van der Waals surface area contributed by atoms with Gasteiger partial charge in [-0.3, -0.25) is 0 Å². The molecule has 0 saturated heterocycles. The summed E-state index contributed by atoms with van der Waals surface area (Å²) in [6, 6.07) is 8.00. The molecule has 0 unspecified atom stereocenters. The Morgan fingerprint density at radius 2 is 2.17 bits per heavy atom. The highest BCUT2D eigenvalue weighted by atomic mass is 79.9. The molecule has 0 aliphatic carbocycles. The third-order valence-corrected chi connectivity index (χ3v) is 3.25. The molecule has 1 aromatic heterocycles. The summed E-state index contributed by atoms with van der Waals surface area (Å²) in [5.74, 6) is 0.688. The summed E-state index contributed by atoms with van der Waals surface area (Å²) in [6.45, 7) is 4.87. The number of hydrogen-bond donors (Lipinski definition) is 1. The lowest BCUT2D eigenvalue weighted by Crippen LogP contribution is -2.21. The molecule has 0 amide bonds. The largest absolute Gasteiger partial charge is 0.356 e. The lowest BCUT2D eigenvalue weighted by molar-refractivity contribution is 0.417. The summed E-state index contributed by atoms with van der Waals surface area (Å²) in [5, 5.41) is 7.95. The molecule has 1 heterocycles. The van der Waals surface area contributed by atoms with E-state index in [4.69, 9.17) is 16.1 Å². The van der Waals surface area contributed by atoms with Gasteiger partial charge in [-0.25, -0.2) is 0 Å². The Balaban J connectivity index is 2.18. The molecule has 3 nitrogen and oxygen atoms in total. The van der Waals surface area contributed by atoms with Crippen LogP contribution in [0, 0.1) is 0 Å². The fourth-order valence-corrected chi connectivity index (χ4v) is 2.29. The molecule has 0 radical (unpaired) electrons. The lowest BCUT2D eigenvalue weighted by Gasteiger charge is -2.03. The minimum atomic E-state index is 0.418. The van der Waals surface area contributed by atoms with Gasteiger partial charge in [-0.15, -0.1) is 0 Å². The van der Waals surface area contributed by atoms with Crippen molar-refractivity contribution in [3.05, 3.63) is 39.5 Å². The van der Waals surface area contributed by atoms with Crippen molar-refractivity contribution in [2.24, 2.45) is 0 Å². The van der Waals surface area contributed by atoms with Crippen LogP contribution in [-0.2, 0) is 6.54 Å². The van der Waals surface area contributed by atoms with Gasteiger partial charge in [0, 0.05) is 28.7 Å².